The third kappa shape index (κ3) is 4.54. The first-order chi connectivity index (χ1) is 15.3. The molecule has 2 amide bonds. The minimum absolute atomic E-state index is 0.263. The third-order valence-corrected chi connectivity index (χ3v) is 6.95. The number of anilines is 1. The SMILES string of the molecule is CCN1CCc2c(sc(-n3cccc3)c2C(C)NC(=O)Nc2ccccc2C(F)(F)F)C1. The van der Waals surface area contributed by atoms with E-state index in [1.807, 2.05) is 36.0 Å². The third-order valence-electron chi connectivity index (χ3n) is 5.70. The molecule has 3 heterocycles. The molecule has 1 unspecified atom stereocenters. The van der Waals surface area contributed by atoms with E-state index in [1.165, 1.54) is 28.6 Å². The van der Waals surface area contributed by atoms with Crippen LogP contribution in [0.2, 0.25) is 0 Å². The first-order valence-corrected chi connectivity index (χ1v) is 11.3. The average Bonchev–Trinajstić information content (AvgIpc) is 3.40. The van der Waals surface area contributed by atoms with Crippen molar-refractivity contribution < 1.29 is 18.0 Å². The Labute approximate surface area is 188 Å². The number of hydrogen-bond donors (Lipinski definition) is 2. The zero-order valence-corrected chi connectivity index (χ0v) is 18.7. The van der Waals surface area contributed by atoms with Gasteiger partial charge in [0.1, 0.15) is 5.00 Å². The molecule has 4 rings (SSSR count). The van der Waals surface area contributed by atoms with Gasteiger partial charge in [-0.25, -0.2) is 4.79 Å². The minimum atomic E-state index is -4.55. The predicted octanol–water partition coefficient (Wildman–Crippen LogP) is 5.82. The molecule has 2 N–H and O–H groups in total. The fourth-order valence-electron chi connectivity index (χ4n) is 4.11. The highest BCUT2D eigenvalue weighted by Crippen LogP contribution is 2.39. The molecule has 0 radical (unpaired) electrons. The van der Waals surface area contributed by atoms with Gasteiger partial charge in [-0.1, -0.05) is 19.1 Å². The van der Waals surface area contributed by atoms with Gasteiger partial charge < -0.3 is 15.2 Å². The number of alkyl halides is 3. The number of nitrogens with zero attached hydrogens (tertiary/aromatic N) is 2. The van der Waals surface area contributed by atoms with Gasteiger partial charge in [-0.2, -0.15) is 13.2 Å². The van der Waals surface area contributed by atoms with Crippen molar-refractivity contribution in [3.63, 3.8) is 0 Å². The van der Waals surface area contributed by atoms with Crippen LogP contribution in [-0.4, -0.2) is 28.6 Å². The van der Waals surface area contributed by atoms with Gasteiger partial charge in [0.15, 0.2) is 0 Å². The molecule has 3 aromatic rings. The number of carbonyl (C=O) groups excluding carboxylic acids is 1. The number of aromatic nitrogens is 1. The van der Waals surface area contributed by atoms with Gasteiger partial charge in [0.2, 0.25) is 0 Å². The lowest BCUT2D eigenvalue weighted by Crippen LogP contribution is -2.34. The number of amides is 2. The Morgan fingerprint density at radius 1 is 1.19 bits per heavy atom. The van der Waals surface area contributed by atoms with Crippen molar-refractivity contribution in [2.24, 2.45) is 0 Å². The lowest BCUT2D eigenvalue weighted by molar-refractivity contribution is -0.136. The second-order valence-electron chi connectivity index (χ2n) is 7.80. The number of benzene rings is 1. The van der Waals surface area contributed by atoms with E-state index < -0.39 is 17.8 Å². The van der Waals surface area contributed by atoms with Gasteiger partial charge in [0.05, 0.1) is 17.3 Å². The standard InChI is InChI=1S/C23H25F3N4OS/c1-3-29-13-10-16-19(14-29)32-21(30-11-6-7-12-30)20(16)15(2)27-22(31)28-18-9-5-4-8-17(18)23(24,25)26/h4-9,11-12,15H,3,10,13-14H2,1-2H3,(H2,27,28,31). The van der Waals surface area contributed by atoms with Crippen molar-refractivity contribution in [1.29, 1.82) is 0 Å². The van der Waals surface area contributed by atoms with E-state index in [-0.39, 0.29) is 11.7 Å². The quantitative estimate of drug-likeness (QED) is 0.502. The van der Waals surface area contributed by atoms with E-state index in [2.05, 4.69) is 22.5 Å². The number of halogens is 3. The monoisotopic (exact) mass is 462 g/mol. The summed E-state index contributed by atoms with van der Waals surface area (Å²) in [6, 6.07) is 7.82. The summed E-state index contributed by atoms with van der Waals surface area (Å²) in [7, 11) is 0. The van der Waals surface area contributed by atoms with E-state index in [9.17, 15) is 18.0 Å². The van der Waals surface area contributed by atoms with E-state index >= 15 is 0 Å². The van der Waals surface area contributed by atoms with Crippen molar-refractivity contribution in [1.82, 2.24) is 14.8 Å². The number of likely N-dealkylation sites (N-methyl/N-ethyl adjacent to an activating group) is 1. The number of fused-ring (bicyclic) bond motifs is 1. The number of rotatable bonds is 5. The maximum Gasteiger partial charge on any atom is 0.418 e. The average molecular weight is 463 g/mol. The second-order valence-corrected chi connectivity index (χ2v) is 8.88. The molecule has 0 saturated carbocycles. The van der Waals surface area contributed by atoms with E-state index in [0.717, 1.165) is 42.7 Å². The van der Waals surface area contributed by atoms with Crippen LogP contribution in [0.3, 0.4) is 0 Å². The minimum Gasteiger partial charge on any atom is -0.331 e. The van der Waals surface area contributed by atoms with Crippen LogP contribution in [-0.2, 0) is 19.1 Å². The maximum absolute atomic E-state index is 13.3. The van der Waals surface area contributed by atoms with Crippen LogP contribution in [0.5, 0.6) is 0 Å². The lowest BCUT2D eigenvalue weighted by atomic mass is 9.98. The van der Waals surface area contributed by atoms with Crippen LogP contribution < -0.4 is 10.6 Å². The fraction of sp³-hybridized carbons (Fsp3) is 0.348. The van der Waals surface area contributed by atoms with Gasteiger partial charge in [0.25, 0.3) is 0 Å². The zero-order valence-electron chi connectivity index (χ0n) is 17.9. The highest BCUT2D eigenvalue weighted by Gasteiger charge is 2.34. The fourth-order valence-corrected chi connectivity index (χ4v) is 5.56. The Morgan fingerprint density at radius 3 is 2.59 bits per heavy atom. The van der Waals surface area contributed by atoms with Crippen molar-refractivity contribution >= 4 is 23.1 Å². The Kier molecular flexibility index (Phi) is 6.30. The summed E-state index contributed by atoms with van der Waals surface area (Å²) in [5.41, 5.74) is 1.12. The number of urea groups is 1. The van der Waals surface area contributed by atoms with Crippen LogP contribution in [0.25, 0.3) is 5.00 Å². The summed E-state index contributed by atoms with van der Waals surface area (Å²) in [6.45, 7) is 6.79. The number of nitrogens with one attached hydrogen (secondary N) is 2. The predicted molar refractivity (Wildman–Crippen MR) is 120 cm³/mol. The van der Waals surface area contributed by atoms with Crippen molar-refractivity contribution in [2.75, 3.05) is 18.4 Å². The number of hydrogen-bond acceptors (Lipinski definition) is 3. The molecule has 2 aromatic heterocycles. The van der Waals surface area contributed by atoms with Crippen molar-refractivity contribution in [3.05, 3.63) is 70.4 Å². The molecular weight excluding hydrogens is 437 g/mol. The first-order valence-electron chi connectivity index (χ1n) is 10.5. The summed E-state index contributed by atoms with van der Waals surface area (Å²) < 4.78 is 41.8. The van der Waals surface area contributed by atoms with E-state index in [4.69, 9.17) is 0 Å². The molecular formula is C23H25F3N4OS. The first kappa shape index (κ1) is 22.4. The summed E-state index contributed by atoms with van der Waals surface area (Å²) >= 11 is 1.70. The molecule has 0 aliphatic carbocycles. The number of para-hydroxylation sites is 1. The molecule has 1 aliphatic heterocycles. The lowest BCUT2D eigenvalue weighted by Gasteiger charge is -2.27. The Balaban J connectivity index is 1.59. The van der Waals surface area contributed by atoms with Crippen molar-refractivity contribution in [2.45, 2.75) is 39.0 Å². The summed E-state index contributed by atoms with van der Waals surface area (Å²) in [6.07, 6.45) is 0.255. The molecule has 1 aliphatic rings. The smallest absolute Gasteiger partial charge is 0.331 e. The van der Waals surface area contributed by atoms with Gasteiger partial charge in [-0.3, -0.25) is 4.90 Å². The molecule has 1 atom stereocenters. The molecule has 0 spiro atoms. The van der Waals surface area contributed by atoms with Gasteiger partial charge in [-0.05, 0) is 49.7 Å². The Bertz CT molecular complexity index is 1090. The number of carbonyl (C=O) groups is 1. The van der Waals surface area contributed by atoms with Crippen LogP contribution in [0.1, 0.15) is 41.5 Å². The molecule has 9 heteroatoms. The molecule has 170 valence electrons. The maximum atomic E-state index is 13.3. The molecule has 0 saturated heterocycles. The molecule has 32 heavy (non-hydrogen) atoms. The largest absolute Gasteiger partial charge is 0.418 e. The molecule has 0 bridgehead atoms. The second kappa shape index (κ2) is 8.99. The molecule has 1 aromatic carbocycles. The summed E-state index contributed by atoms with van der Waals surface area (Å²) in [4.78, 5) is 16.3. The van der Waals surface area contributed by atoms with E-state index in [1.54, 1.807) is 11.3 Å². The van der Waals surface area contributed by atoms with Gasteiger partial charge in [0, 0.05) is 35.9 Å². The van der Waals surface area contributed by atoms with Crippen LogP contribution >= 0.6 is 11.3 Å². The van der Waals surface area contributed by atoms with E-state index in [0.29, 0.717) is 0 Å². The van der Waals surface area contributed by atoms with Crippen LogP contribution in [0.15, 0.2) is 48.8 Å². The summed E-state index contributed by atoms with van der Waals surface area (Å²) in [5, 5.41) is 6.26. The normalized spacial score (nSPS) is 15.3. The van der Waals surface area contributed by atoms with Crippen LogP contribution in [0.4, 0.5) is 23.7 Å². The summed E-state index contributed by atoms with van der Waals surface area (Å²) in [5.74, 6) is 0. The zero-order chi connectivity index (χ0) is 22.9. The Morgan fingerprint density at radius 2 is 1.91 bits per heavy atom. The highest BCUT2D eigenvalue weighted by atomic mass is 32.1. The van der Waals surface area contributed by atoms with Gasteiger partial charge >= 0.3 is 12.2 Å². The van der Waals surface area contributed by atoms with Crippen molar-refractivity contribution in [3.8, 4) is 5.00 Å². The Hall–Kier alpha value is -2.78. The topological polar surface area (TPSA) is 49.3 Å². The molecule has 5 nitrogen and oxygen atoms in total. The van der Waals surface area contributed by atoms with Crippen LogP contribution in [0, 0.1) is 0 Å². The number of thiophene rings is 1. The highest BCUT2D eigenvalue weighted by molar-refractivity contribution is 7.15. The molecule has 0 fully saturated rings. The van der Waals surface area contributed by atoms with Gasteiger partial charge in [-0.15, -0.1) is 11.3 Å².